The monoisotopic (exact) mass is 341 g/mol. The number of ether oxygens (including phenoxy) is 1. The van der Waals surface area contributed by atoms with Crippen molar-refractivity contribution in [1.29, 1.82) is 0 Å². The molecule has 0 atom stereocenters. The van der Waals surface area contributed by atoms with E-state index < -0.39 is 4.92 Å². The van der Waals surface area contributed by atoms with Gasteiger partial charge in [-0.25, -0.2) is 10.4 Å². The fourth-order valence-electron chi connectivity index (χ4n) is 2.34. The number of hydrogen-bond donors (Lipinski definition) is 3. The third kappa shape index (κ3) is 3.34. The number of phenolic OH excluding ortho intramolecular Hbond substituents is 1. The topological polar surface area (TPSA) is 126 Å². The van der Waals surface area contributed by atoms with Gasteiger partial charge in [0.15, 0.2) is 11.5 Å². The molecule has 25 heavy (non-hydrogen) atoms. The van der Waals surface area contributed by atoms with Crippen LogP contribution in [0.15, 0.2) is 35.4 Å². The van der Waals surface area contributed by atoms with Crippen LogP contribution < -0.4 is 10.2 Å². The zero-order valence-electron chi connectivity index (χ0n) is 13.5. The van der Waals surface area contributed by atoms with Crippen molar-refractivity contribution in [3.05, 3.63) is 51.6 Å². The Hall–Kier alpha value is -3.62. The largest absolute Gasteiger partial charge is 0.504 e. The molecule has 0 aliphatic carbocycles. The van der Waals surface area contributed by atoms with Gasteiger partial charge >= 0.3 is 0 Å². The number of nitro benzene ring substituents is 1. The number of aryl methyl sites for hydroxylation is 1. The number of H-pyrrole nitrogens is 1. The summed E-state index contributed by atoms with van der Waals surface area (Å²) >= 11 is 0. The first-order chi connectivity index (χ1) is 12.0. The summed E-state index contributed by atoms with van der Waals surface area (Å²) < 4.78 is 4.88. The third-order valence-corrected chi connectivity index (χ3v) is 3.54. The summed E-state index contributed by atoms with van der Waals surface area (Å²) in [6.07, 6.45) is 1.23. The van der Waals surface area contributed by atoms with Crippen molar-refractivity contribution in [2.75, 3.05) is 12.5 Å². The molecule has 128 valence electrons. The minimum atomic E-state index is -0.576. The Bertz CT molecular complexity index is 980. The van der Waals surface area contributed by atoms with Crippen molar-refractivity contribution < 1.29 is 14.8 Å². The Kier molecular flexibility index (Phi) is 4.21. The molecule has 0 aliphatic rings. The fraction of sp³-hybridized carbons (Fsp3) is 0.125. The lowest BCUT2D eigenvalue weighted by molar-refractivity contribution is -0.385. The Labute approximate surface area is 142 Å². The second kappa shape index (κ2) is 6.48. The Morgan fingerprint density at radius 1 is 1.40 bits per heavy atom. The second-order valence-corrected chi connectivity index (χ2v) is 5.32. The first-order valence-electron chi connectivity index (χ1n) is 7.29. The van der Waals surface area contributed by atoms with Crippen LogP contribution in [-0.2, 0) is 0 Å². The summed E-state index contributed by atoms with van der Waals surface area (Å²) in [5.41, 5.74) is 5.30. The van der Waals surface area contributed by atoms with Crippen LogP contribution in [0, 0.1) is 17.0 Å². The van der Waals surface area contributed by atoms with Gasteiger partial charge in [0.25, 0.3) is 5.69 Å². The van der Waals surface area contributed by atoms with E-state index in [1.54, 1.807) is 0 Å². The number of nitrogens with zero attached hydrogens (tertiary/aromatic N) is 3. The van der Waals surface area contributed by atoms with Gasteiger partial charge in [-0.1, -0.05) is 6.07 Å². The SMILES string of the molecule is COc1cc([N+](=O)[O-])c(/C=N\Nc2nc3ccc(C)cc3[nH]2)cc1O. The molecule has 0 fully saturated rings. The minimum Gasteiger partial charge on any atom is -0.504 e. The molecular formula is C16H15N5O4. The molecule has 2 aromatic carbocycles. The van der Waals surface area contributed by atoms with Crippen LogP contribution in [-0.4, -0.2) is 33.3 Å². The maximum Gasteiger partial charge on any atom is 0.282 e. The van der Waals surface area contributed by atoms with Gasteiger partial charge in [-0.05, 0) is 30.7 Å². The van der Waals surface area contributed by atoms with Gasteiger partial charge in [0.2, 0.25) is 5.95 Å². The number of nitrogens with one attached hydrogen (secondary N) is 2. The molecule has 3 rings (SSSR count). The van der Waals surface area contributed by atoms with E-state index in [9.17, 15) is 15.2 Å². The fourth-order valence-corrected chi connectivity index (χ4v) is 2.34. The molecule has 0 saturated carbocycles. The maximum atomic E-state index is 11.2. The van der Waals surface area contributed by atoms with E-state index in [4.69, 9.17) is 4.74 Å². The van der Waals surface area contributed by atoms with E-state index in [1.807, 2.05) is 25.1 Å². The quantitative estimate of drug-likeness (QED) is 0.372. The summed E-state index contributed by atoms with van der Waals surface area (Å²) in [7, 11) is 1.32. The summed E-state index contributed by atoms with van der Waals surface area (Å²) in [6.45, 7) is 1.97. The first-order valence-corrected chi connectivity index (χ1v) is 7.29. The average Bonchev–Trinajstić information content (AvgIpc) is 2.96. The van der Waals surface area contributed by atoms with Gasteiger partial charge < -0.3 is 14.8 Å². The van der Waals surface area contributed by atoms with Crippen molar-refractivity contribution in [3.63, 3.8) is 0 Å². The van der Waals surface area contributed by atoms with Crippen LogP contribution in [0.25, 0.3) is 11.0 Å². The molecule has 9 nitrogen and oxygen atoms in total. The highest BCUT2D eigenvalue weighted by molar-refractivity contribution is 5.87. The molecule has 0 aliphatic heterocycles. The highest BCUT2D eigenvalue weighted by Crippen LogP contribution is 2.32. The number of aromatic amines is 1. The van der Waals surface area contributed by atoms with Gasteiger partial charge in [0, 0.05) is 0 Å². The Morgan fingerprint density at radius 2 is 2.20 bits per heavy atom. The van der Waals surface area contributed by atoms with Gasteiger partial charge in [-0.3, -0.25) is 10.1 Å². The van der Waals surface area contributed by atoms with Crippen LogP contribution in [0.1, 0.15) is 11.1 Å². The minimum absolute atomic E-state index is 0.0180. The molecule has 1 heterocycles. The number of phenols is 1. The number of rotatable bonds is 5. The van der Waals surface area contributed by atoms with E-state index in [0.29, 0.717) is 5.95 Å². The molecule has 9 heteroatoms. The second-order valence-electron chi connectivity index (χ2n) is 5.32. The predicted octanol–water partition coefficient (Wildman–Crippen LogP) is 2.94. The van der Waals surface area contributed by atoms with Crippen molar-refractivity contribution >= 4 is 28.9 Å². The highest BCUT2D eigenvalue weighted by atomic mass is 16.6. The summed E-state index contributed by atoms with van der Waals surface area (Å²) in [6, 6.07) is 8.12. The molecule has 0 amide bonds. The van der Waals surface area contributed by atoms with E-state index in [-0.39, 0.29) is 22.7 Å². The predicted molar refractivity (Wildman–Crippen MR) is 93.4 cm³/mol. The van der Waals surface area contributed by atoms with Crippen LogP contribution in [0.2, 0.25) is 0 Å². The zero-order chi connectivity index (χ0) is 18.0. The van der Waals surface area contributed by atoms with E-state index in [2.05, 4.69) is 20.5 Å². The third-order valence-electron chi connectivity index (χ3n) is 3.54. The van der Waals surface area contributed by atoms with Crippen LogP contribution >= 0.6 is 0 Å². The van der Waals surface area contributed by atoms with Gasteiger partial charge in [-0.2, -0.15) is 5.10 Å². The van der Waals surface area contributed by atoms with Crippen LogP contribution in [0.5, 0.6) is 11.5 Å². The van der Waals surface area contributed by atoms with Gasteiger partial charge in [0.1, 0.15) is 0 Å². The number of anilines is 1. The van der Waals surface area contributed by atoms with Crippen LogP contribution in [0.3, 0.4) is 0 Å². The molecule has 0 saturated heterocycles. The summed E-state index contributed by atoms with van der Waals surface area (Å²) in [5, 5.41) is 24.9. The molecular weight excluding hydrogens is 326 g/mol. The highest BCUT2D eigenvalue weighted by Gasteiger charge is 2.17. The molecule has 3 N–H and O–H groups in total. The number of hydrazone groups is 1. The number of aromatic hydroxyl groups is 1. The number of benzene rings is 2. The molecule has 0 spiro atoms. The lowest BCUT2D eigenvalue weighted by atomic mass is 10.1. The average molecular weight is 341 g/mol. The van der Waals surface area contributed by atoms with E-state index >= 15 is 0 Å². The Morgan fingerprint density at radius 3 is 2.92 bits per heavy atom. The van der Waals surface area contributed by atoms with Gasteiger partial charge in [0.05, 0.1) is 40.9 Å². The number of imidazole rings is 1. The normalized spacial score (nSPS) is 11.1. The van der Waals surface area contributed by atoms with Crippen molar-refractivity contribution in [1.82, 2.24) is 9.97 Å². The molecule has 0 bridgehead atoms. The van der Waals surface area contributed by atoms with Crippen molar-refractivity contribution in [2.45, 2.75) is 6.92 Å². The summed E-state index contributed by atoms with van der Waals surface area (Å²) in [5.74, 6) is 0.204. The van der Waals surface area contributed by atoms with Crippen molar-refractivity contribution in [2.24, 2.45) is 5.10 Å². The van der Waals surface area contributed by atoms with Crippen molar-refractivity contribution in [3.8, 4) is 11.5 Å². The lowest BCUT2D eigenvalue weighted by Crippen LogP contribution is -1.98. The smallest absolute Gasteiger partial charge is 0.282 e. The molecule has 1 aromatic heterocycles. The number of nitro groups is 1. The molecule has 0 unspecified atom stereocenters. The Balaban J connectivity index is 1.85. The lowest BCUT2D eigenvalue weighted by Gasteiger charge is -2.04. The zero-order valence-corrected chi connectivity index (χ0v) is 13.5. The number of fused-ring (bicyclic) bond motifs is 1. The number of hydrogen-bond acceptors (Lipinski definition) is 7. The molecule has 3 aromatic rings. The number of aromatic nitrogens is 2. The standard InChI is InChI=1S/C16H15N5O4/c1-9-3-4-11-12(5-9)19-16(18-11)20-17-8-10-6-14(22)15(25-2)7-13(10)21(23)24/h3-8,22H,1-2H3,(H2,18,19,20)/b17-8-. The van der Waals surface area contributed by atoms with E-state index in [0.717, 1.165) is 22.7 Å². The first kappa shape index (κ1) is 16.2. The number of methoxy groups -OCH3 is 1. The summed E-state index contributed by atoms with van der Waals surface area (Å²) in [4.78, 5) is 17.9. The van der Waals surface area contributed by atoms with Gasteiger partial charge in [-0.15, -0.1) is 0 Å². The van der Waals surface area contributed by atoms with E-state index in [1.165, 1.54) is 19.4 Å². The maximum absolute atomic E-state index is 11.2. The van der Waals surface area contributed by atoms with Crippen LogP contribution in [0.4, 0.5) is 11.6 Å². The molecule has 0 radical (unpaired) electrons.